The fourth-order valence-electron chi connectivity index (χ4n) is 1.23. The van der Waals surface area contributed by atoms with Crippen molar-refractivity contribution in [1.29, 1.82) is 0 Å². The molecule has 0 aromatic carbocycles. The Morgan fingerprint density at radius 2 is 2.40 bits per heavy atom. The van der Waals surface area contributed by atoms with E-state index in [0.29, 0.717) is 13.2 Å². The maximum Gasteiger partial charge on any atom is 0.224 e. The maximum absolute atomic E-state index is 5.80. The second kappa shape index (κ2) is 4.74. The van der Waals surface area contributed by atoms with Crippen molar-refractivity contribution in [2.45, 2.75) is 0 Å². The minimum Gasteiger partial charge on any atom is -0.383 e. The molecule has 4 nitrogen and oxygen atoms in total. The molecular formula is C9H10ClN3OS. The van der Waals surface area contributed by atoms with Crippen molar-refractivity contribution in [3.63, 3.8) is 0 Å². The van der Waals surface area contributed by atoms with Gasteiger partial charge < -0.3 is 10.1 Å². The number of methoxy groups -OCH3 is 1. The summed E-state index contributed by atoms with van der Waals surface area (Å²) in [5, 5.41) is 5.40. The number of hydrogen-bond donors (Lipinski definition) is 1. The van der Waals surface area contributed by atoms with E-state index in [9.17, 15) is 0 Å². The number of aromatic nitrogens is 2. The van der Waals surface area contributed by atoms with E-state index in [1.165, 1.54) is 0 Å². The first-order valence-electron chi connectivity index (χ1n) is 4.45. The molecule has 0 aliphatic carbocycles. The average molecular weight is 244 g/mol. The number of ether oxygens (including phenoxy) is 1. The van der Waals surface area contributed by atoms with Crippen molar-refractivity contribution in [2.24, 2.45) is 0 Å². The van der Waals surface area contributed by atoms with E-state index in [4.69, 9.17) is 16.3 Å². The lowest BCUT2D eigenvalue weighted by molar-refractivity contribution is 0.210. The zero-order valence-electron chi connectivity index (χ0n) is 8.16. The first-order chi connectivity index (χ1) is 7.31. The second-order valence-electron chi connectivity index (χ2n) is 2.90. The highest BCUT2D eigenvalue weighted by molar-refractivity contribution is 7.17. The van der Waals surface area contributed by atoms with Crippen LogP contribution in [0, 0.1) is 0 Å². The van der Waals surface area contributed by atoms with Gasteiger partial charge in [-0.05, 0) is 23.0 Å². The van der Waals surface area contributed by atoms with E-state index in [-0.39, 0.29) is 5.28 Å². The van der Waals surface area contributed by atoms with E-state index in [1.54, 1.807) is 18.4 Å². The fourth-order valence-corrected chi connectivity index (χ4v) is 2.20. The maximum atomic E-state index is 5.80. The molecule has 0 unspecified atom stereocenters. The van der Waals surface area contributed by atoms with Gasteiger partial charge in [-0.3, -0.25) is 0 Å². The summed E-state index contributed by atoms with van der Waals surface area (Å²) in [6.45, 7) is 1.34. The van der Waals surface area contributed by atoms with Crippen molar-refractivity contribution in [2.75, 3.05) is 25.6 Å². The fraction of sp³-hybridized carbons (Fsp3) is 0.333. The molecular weight excluding hydrogens is 234 g/mol. The number of thiophene rings is 1. The van der Waals surface area contributed by atoms with Gasteiger partial charge in [0.2, 0.25) is 5.28 Å². The van der Waals surface area contributed by atoms with Crippen LogP contribution in [-0.4, -0.2) is 30.2 Å². The molecule has 0 bridgehead atoms. The second-order valence-corrected chi connectivity index (χ2v) is 4.15. The number of halogens is 1. The SMILES string of the molecule is COCCNc1nc(Cl)nc2ccsc12. The predicted molar refractivity (Wildman–Crippen MR) is 62.8 cm³/mol. The van der Waals surface area contributed by atoms with Crippen LogP contribution in [0.2, 0.25) is 5.28 Å². The number of anilines is 1. The monoisotopic (exact) mass is 243 g/mol. The number of hydrogen-bond acceptors (Lipinski definition) is 5. The summed E-state index contributed by atoms with van der Waals surface area (Å²) < 4.78 is 5.98. The molecule has 0 atom stereocenters. The lowest BCUT2D eigenvalue weighted by Crippen LogP contribution is -2.09. The minimum absolute atomic E-state index is 0.265. The van der Waals surface area contributed by atoms with E-state index in [2.05, 4.69) is 15.3 Å². The highest BCUT2D eigenvalue weighted by Gasteiger charge is 2.06. The van der Waals surface area contributed by atoms with Crippen molar-refractivity contribution in [3.8, 4) is 0 Å². The molecule has 15 heavy (non-hydrogen) atoms. The molecule has 2 rings (SSSR count). The molecule has 0 saturated carbocycles. The third-order valence-corrected chi connectivity index (χ3v) is 2.95. The molecule has 2 aromatic heterocycles. The first-order valence-corrected chi connectivity index (χ1v) is 5.70. The summed E-state index contributed by atoms with van der Waals surface area (Å²) in [5.41, 5.74) is 0.875. The molecule has 2 aromatic rings. The van der Waals surface area contributed by atoms with Crippen LogP contribution in [0.3, 0.4) is 0 Å². The van der Waals surface area contributed by atoms with Crippen LogP contribution in [0.1, 0.15) is 0 Å². The van der Waals surface area contributed by atoms with Crippen LogP contribution in [0.15, 0.2) is 11.4 Å². The Balaban J connectivity index is 2.27. The van der Waals surface area contributed by atoms with E-state index in [1.807, 2.05) is 11.4 Å². The molecule has 6 heteroatoms. The quantitative estimate of drug-likeness (QED) is 0.662. The van der Waals surface area contributed by atoms with Crippen molar-refractivity contribution < 1.29 is 4.74 Å². The lowest BCUT2D eigenvalue weighted by atomic mass is 10.4. The van der Waals surface area contributed by atoms with Gasteiger partial charge in [0.1, 0.15) is 5.82 Å². The highest BCUT2D eigenvalue weighted by Crippen LogP contribution is 2.26. The molecule has 0 aliphatic heterocycles. The lowest BCUT2D eigenvalue weighted by Gasteiger charge is -2.05. The van der Waals surface area contributed by atoms with Gasteiger partial charge in [0.05, 0.1) is 16.8 Å². The Morgan fingerprint density at radius 3 is 3.20 bits per heavy atom. The summed E-state index contributed by atoms with van der Waals surface area (Å²) >= 11 is 7.40. The third kappa shape index (κ3) is 2.37. The van der Waals surface area contributed by atoms with Gasteiger partial charge in [0.25, 0.3) is 0 Å². The van der Waals surface area contributed by atoms with E-state index in [0.717, 1.165) is 16.0 Å². The number of fused-ring (bicyclic) bond motifs is 1. The van der Waals surface area contributed by atoms with Crippen LogP contribution in [-0.2, 0) is 4.74 Å². The molecule has 0 amide bonds. The topological polar surface area (TPSA) is 47.0 Å². The van der Waals surface area contributed by atoms with Crippen LogP contribution in [0.4, 0.5) is 5.82 Å². The summed E-state index contributed by atoms with van der Waals surface area (Å²) in [7, 11) is 1.66. The molecule has 0 spiro atoms. The van der Waals surface area contributed by atoms with Crippen LogP contribution < -0.4 is 5.32 Å². The molecule has 0 radical (unpaired) electrons. The smallest absolute Gasteiger partial charge is 0.224 e. The van der Waals surface area contributed by atoms with E-state index < -0.39 is 0 Å². The van der Waals surface area contributed by atoms with Crippen molar-refractivity contribution in [1.82, 2.24) is 9.97 Å². The highest BCUT2D eigenvalue weighted by atomic mass is 35.5. The molecule has 0 saturated heterocycles. The number of nitrogens with one attached hydrogen (secondary N) is 1. The standard InChI is InChI=1S/C9H10ClN3OS/c1-14-4-3-11-8-7-6(2-5-15-7)12-9(10)13-8/h2,5H,3-4H2,1H3,(H,11,12,13). The zero-order chi connectivity index (χ0) is 10.7. The largest absolute Gasteiger partial charge is 0.383 e. The normalized spacial score (nSPS) is 10.8. The number of nitrogens with zero attached hydrogens (tertiary/aromatic N) is 2. The van der Waals surface area contributed by atoms with Crippen LogP contribution in [0.5, 0.6) is 0 Å². The Kier molecular flexibility index (Phi) is 3.35. The Labute approximate surface area is 96.3 Å². The predicted octanol–water partition coefficient (Wildman–Crippen LogP) is 2.40. The van der Waals surface area contributed by atoms with Crippen molar-refractivity contribution >= 4 is 39.0 Å². The summed E-state index contributed by atoms with van der Waals surface area (Å²) in [4.78, 5) is 8.26. The van der Waals surface area contributed by atoms with Gasteiger partial charge in [-0.25, -0.2) is 4.98 Å². The van der Waals surface area contributed by atoms with Gasteiger partial charge in [-0.1, -0.05) is 0 Å². The van der Waals surface area contributed by atoms with Crippen molar-refractivity contribution in [3.05, 3.63) is 16.7 Å². The molecule has 0 fully saturated rings. The molecule has 1 N–H and O–H groups in total. The van der Waals surface area contributed by atoms with Crippen LogP contribution in [0.25, 0.3) is 10.2 Å². The molecule has 80 valence electrons. The first kappa shape index (κ1) is 10.6. The van der Waals surface area contributed by atoms with E-state index >= 15 is 0 Å². The minimum atomic E-state index is 0.265. The average Bonchev–Trinajstić information content (AvgIpc) is 2.65. The van der Waals surface area contributed by atoms with Gasteiger partial charge in [0, 0.05) is 13.7 Å². The summed E-state index contributed by atoms with van der Waals surface area (Å²) in [5.74, 6) is 0.775. The van der Waals surface area contributed by atoms with Crippen LogP contribution >= 0.6 is 22.9 Å². The number of rotatable bonds is 4. The Morgan fingerprint density at radius 1 is 1.53 bits per heavy atom. The Bertz CT molecular complexity index is 460. The summed E-state index contributed by atoms with van der Waals surface area (Å²) in [6, 6.07) is 1.93. The summed E-state index contributed by atoms with van der Waals surface area (Å²) in [6.07, 6.45) is 0. The zero-order valence-corrected chi connectivity index (χ0v) is 9.73. The van der Waals surface area contributed by atoms with Gasteiger partial charge >= 0.3 is 0 Å². The third-order valence-electron chi connectivity index (χ3n) is 1.87. The van der Waals surface area contributed by atoms with Gasteiger partial charge in [-0.2, -0.15) is 4.98 Å². The van der Waals surface area contributed by atoms with Gasteiger partial charge in [0.15, 0.2) is 0 Å². The molecule has 2 heterocycles. The molecule has 0 aliphatic rings. The van der Waals surface area contributed by atoms with Gasteiger partial charge in [-0.15, -0.1) is 11.3 Å². The Hall–Kier alpha value is -0.910.